The number of furan rings is 1. The zero-order valence-electron chi connectivity index (χ0n) is 9.86. The standard InChI is InChI=1S/C13H16O4/c1-9-3-4-10(17-9)13(7-16-8-13)12(11(14)15)5-2-6-12/h3-4H,2,5-8H2,1H3,(H,14,15). The van der Waals surface area contributed by atoms with Crippen LogP contribution in [-0.2, 0) is 14.9 Å². The van der Waals surface area contributed by atoms with E-state index in [9.17, 15) is 9.90 Å². The fraction of sp³-hybridized carbons (Fsp3) is 0.615. The van der Waals surface area contributed by atoms with Gasteiger partial charge in [-0.25, -0.2) is 0 Å². The molecule has 1 saturated heterocycles. The van der Waals surface area contributed by atoms with Crippen molar-refractivity contribution in [1.29, 1.82) is 0 Å². The Morgan fingerprint density at radius 2 is 2.06 bits per heavy atom. The van der Waals surface area contributed by atoms with E-state index in [-0.39, 0.29) is 0 Å². The van der Waals surface area contributed by atoms with Crippen LogP contribution in [0.2, 0.25) is 0 Å². The van der Waals surface area contributed by atoms with Crippen LogP contribution in [0, 0.1) is 12.3 Å². The Hall–Kier alpha value is -1.29. The van der Waals surface area contributed by atoms with Gasteiger partial charge >= 0.3 is 5.97 Å². The normalized spacial score (nSPS) is 24.8. The van der Waals surface area contributed by atoms with Crippen molar-refractivity contribution < 1.29 is 19.1 Å². The van der Waals surface area contributed by atoms with E-state index in [1.807, 2.05) is 19.1 Å². The van der Waals surface area contributed by atoms with E-state index in [1.54, 1.807) is 0 Å². The van der Waals surface area contributed by atoms with E-state index in [0.717, 1.165) is 30.8 Å². The molecule has 0 unspecified atom stereocenters. The van der Waals surface area contributed by atoms with Crippen LogP contribution in [0.5, 0.6) is 0 Å². The van der Waals surface area contributed by atoms with Crippen LogP contribution in [0.25, 0.3) is 0 Å². The maximum Gasteiger partial charge on any atom is 0.310 e. The molecule has 17 heavy (non-hydrogen) atoms. The monoisotopic (exact) mass is 236 g/mol. The Morgan fingerprint density at radius 1 is 1.35 bits per heavy atom. The highest BCUT2D eigenvalue weighted by Crippen LogP contribution is 2.58. The van der Waals surface area contributed by atoms with E-state index in [2.05, 4.69) is 0 Å². The third kappa shape index (κ3) is 1.19. The lowest BCUT2D eigenvalue weighted by Crippen LogP contribution is -2.64. The summed E-state index contributed by atoms with van der Waals surface area (Å²) in [7, 11) is 0. The minimum absolute atomic E-state index is 0.439. The van der Waals surface area contributed by atoms with Gasteiger partial charge in [0.05, 0.1) is 24.0 Å². The highest BCUT2D eigenvalue weighted by molar-refractivity contribution is 5.78. The topological polar surface area (TPSA) is 59.7 Å². The molecule has 0 spiro atoms. The molecule has 1 aromatic heterocycles. The third-order valence-corrected chi connectivity index (χ3v) is 4.44. The van der Waals surface area contributed by atoms with E-state index in [0.29, 0.717) is 13.2 Å². The fourth-order valence-corrected chi connectivity index (χ4v) is 3.08. The number of hydrogen-bond donors (Lipinski definition) is 1. The van der Waals surface area contributed by atoms with Gasteiger partial charge < -0.3 is 14.3 Å². The number of ether oxygens (including phenoxy) is 1. The van der Waals surface area contributed by atoms with Crippen molar-refractivity contribution in [2.45, 2.75) is 31.6 Å². The molecule has 0 atom stereocenters. The Morgan fingerprint density at radius 3 is 2.35 bits per heavy atom. The van der Waals surface area contributed by atoms with E-state index in [4.69, 9.17) is 9.15 Å². The van der Waals surface area contributed by atoms with Crippen LogP contribution in [0.15, 0.2) is 16.5 Å². The van der Waals surface area contributed by atoms with Gasteiger partial charge in [-0.3, -0.25) is 4.79 Å². The van der Waals surface area contributed by atoms with Crippen molar-refractivity contribution in [2.75, 3.05) is 13.2 Å². The molecule has 2 fully saturated rings. The highest BCUT2D eigenvalue weighted by Gasteiger charge is 2.65. The van der Waals surface area contributed by atoms with Gasteiger partial charge in [-0.15, -0.1) is 0 Å². The molecular weight excluding hydrogens is 220 g/mol. The van der Waals surface area contributed by atoms with Crippen molar-refractivity contribution in [2.24, 2.45) is 5.41 Å². The first-order valence-corrected chi connectivity index (χ1v) is 5.99. The predicted molar refractivity (Wildman–Crippen MR) is 59.9 cm³/mol. The smallest absolute Gasteiger partial charge is 0.310 e. The van der Waals surface area contributed by atoms with Gasteiger partial charge in [0.1, 0.15) is 11.5 Å². The van der Waals surface area contributed by atoms with Crippen LogP contribution in [0.3, 0.4) is 0 Å². The highest BCUT2D eigenvalue weighted by atomic mass is 16.5. The van der Waals surface area contributed by atoms with Gasteiger partial charge in [0.15, 0.2) is 0 Å². The summed E-state index contributed by atoms with van der Waals surface area (Å²) in [5.41, 5.74) is -1.11. The maximum absolute atomic E-state index is 11.6. The van der Waals surface area contributed by atoms with Crippen molar-refractivity contribution in [1.82, 2.24) is 0 Å². The number of rotatable bonds is 3. The molecule has 3 rings (SSSR count). The summed E-state index contributed by atoms with van der Waals surface area (Å²) in [6.07, 6.45) is 2.44. The van der Waals surface area contributed by atoms with Gasteiger partial charge in [0, 0.05) is 0 Å². The van der Waals surface area contributed by atoms with Gasteiger partial charge in [0.25, 0.3) is 0 Å². The maximum atomic E-state index is 11.6. The SMILES string of the molecule is Cc1ccc(C2(C3(C(=O)O)CCC3)COC2)o1. The number of carbonyl (C=O) groups is 1. The molecule has 92 valence electrons. The van der Waals surface area contributed by atoms with Gasteiger partial charge in [0.2, 0.25) is 0 Å². The summed E-state index contributed by atoms with van der Waals surface area (Å²) in [5.74, 6) is 0.899. The molecule has 4 heteroatoms. The van der Waals surface area contributed by atoms with Crippen LogP contribution in [0.4, 0.5) is 0 Å². The summed E-state index contributed by atoms with van der Waals surface area (Å²) in [5, 5.41) is 9.56. The first-order chi connectivity index (χ1) is 8.11. The minimum atomic E-state index is -0.707. The molecule has 1 aliphatic heterocycles. The Kier molecular flexibility index (Phi) is 2.14. The second-order valence-corrected chi connectivity index (χ2v) is 5.23. The van der Waals surface area contributed by atoms with Crippen LogP contribution < -0.4 is 0 Å². The van der Waals surface area contributed by atoms with Crippen molar-refractivity contribution >= 4 is 5.97 Å². The molecule has 1 saturated carbocycles. The molecule has 1 aliphatic carbocycles. The minimum Gasteiger partial charge on any atom is -0.481 e. The van der Waals surface area contributed by atoms with Gasteiger partial charge in [-0.05, 0) is 31.9 Å². The lowest BCUT2D eigenvalue weighted by Gasteiger charge is -2.56. The molecule has 0 amide bonds. The largest absolute Gasteiger partial charge is 0.481 e. The molecule has 4 nitrogen and oxygen atoms in total. The van der Waals surface area contributed by atoms with Crippen LogP contribution in [-0.4, -0.2) is 24.3 Å². The average Bonchev–Trinajstić information content (AvgIpc) is 2.54. The summed E-state index contributed by atoms with van der Waals surface area (Å²) in [4.78, 5) is 11.6. The summed E-state index contributed by atoms with van der Waals surface area (Å²) in [6, 6.07) is 3.80. The van der Waals surface area contributed by atoms with Crippen molar-refractivity contribution in [3.05, 3.63) is 23.7 Å². The molecule has 2 heterocycles. The summed E-state index contributed by atoms with van der Waals surface area (Å²) < 4.78 is 11.0. The lowest BCUT2D eigenvalue weighted by molar-refractivity contribution is -0.196. The number of aliphatic carboxylic acids is 1. The molecule has 2 aliphatic rings. The second kappa shape index (κ2) is 3.35. The molecule has 0 bridgehead atoms. The van der Waals surface area contributed by atoms with Gasteiger partial charge in [-0.1, -0.05) is 6.42 Å². The number of aryl methyl sites for hydroxylation is 1. The summed E-state index contributed by atoms with van der Waals surface area (Å²) >= 11 is 0. The van der Waals surface area contributed by atoms with Crippen LogP contribution in [0.1, 0.15) is 30.8 Å². The Balaban J connectivity index is 2.05. The molecule has 0 radical (unpaired) electrons. The van der Waals surface area contributed by atoms with E-state index >= 15 is 0 Å². The summed E-state index contributed by atoms with van der Waals surface area (Å²) in [6.45, 7) is 2.81. The first kappa shape index (κ1) is 10.8. The number of hydrogen-bond acceptors (Lipinski definition) is 3. The molecular formula is C13H16O4. The third-order valence-electron chi connectivity index (χ3n) is 4.44. The number of carboxylic acid groups (broad SMARTS) is 1. The molecule has 1 N–H and O–H groups in total. The molecule has 1 aromatic rings. The quantitative estimate of drug-likeness (QED) is 0.873. The fourth-order valence-electron chi connectivity index (χ4n) is 3.08. The molecule has 0 aromatic carbocycles. The Bertz CT molecular complexity index is 452. The van der Waals surface area contributed by atoms with Gasteiger partial charge in [-0.2, -0.15) is 0 Å². The zero-order chi connectivity index (χ0) is 12.1. The second-order valence-electron chi connectivity index (χ2n) is 5.23. The lowest BCUT2D eigenvalue weighted by atomic mass is 9.51. The van der Waals surface area contributed by atoms with E-state index < -0.39 is 16.8 Å². The predicted octanol–water partition coefficient (Wildman–Crippen LogP) is 2.11. The Labute approximate surface area is 99.6 Å². The van der Waals surface area contributed by atoms with E-state index in [1.165, 1.54) is 0 Å². The van der Waals surface area contributed by atoms with Crippen molar-refractivity contribution in [3.63, 3.8) is 0 Å². The average molecular weight is 236 g/mol. The van der Waals surface area contributed by atoms with Crippen LogP contribution >= 0.6 is 0 Å². The number of carboxylic acids is 1. The first-order valence-electron chi connectivity index (χ1n) is 5.99. The van der Waals surface area contributed by atoms with Crippen molar-refractivity contribution in [3.8, 4) is 0 Å². The zero-order valence-corrected chi connectivity index (χ0v) is 9.86.